The number of ether oxygens (including phenoxy) is 2. The quantitative estimate of drug-likeness (QED) is 0.805. The molecule has 5 nitrogen and oxygen atoms in total. The van der Waals surface area contributed by atoms with E-state index in [1.54, 1.807) is 14.2 Å². The molecule has 0 bridgehead atoms. The lowest BCUT2D eigenvalue weighted by Gasteiger charge is -2.27. The summed E-state index contributed by atoms with van der Waals surface area (Å²) in [5.74, 6) is 1.52. The lowest BCUT2D eigenvalue weighted by Crippen LogP contribution is -2.40. The summed E-state index contributed by atoms with van der Waals surface area (Å²) in [4.78, 5) is 14.8. The van der Waals surface area contributed by atoms with Crippen LogP contribution < -0.4 is 14.8 Å². The summed E-state index contributed by atoms with van der Waals surface area (Å²) in [5, 5.41) is 3.10. The van der Waals surface area contributed by atoms with Gasteiger partial charge in [-0.3, -0.25) is 0 Å². The third-order valence-electron chi connectivity index (χ3n) is 5.48. The molecule has 2 amide bonds. The van der Waals surface area contributed by atoms with Crippen molar-refractivity contribution >= 4 is 6.03 Å². The van der Waals surface area contributed by atoms with E-state index < -0.39 is 0 Å². The summed E-state index contributed by atoms with van der Waals surface area (Å²) >= 11 is 0. The van der Waals surface area contributed by atoms with Crippen molar-refractivity contribution in [3.05, 3.63) is 58.7 Å². The number of urea groups is 1. The van der Waals surface area contributed by atoms with Gasteiger partial charge in [-0.05, 0) is 56.4 Å². The van der Waals surface area contributed by atoms with Crippen LogP contribution in [-0.4, -0.2) is 38.2 Å². The lowest BCUT2D eigenvalue weighted by molar-refractivity contribution is 0.192. The molecule has 1 aliphatic heterocycles. The molecule has 0 aliphatic carbocycles. The van der Waals surface area contributed by atoms with Crippen molar-refractivity contribution in [1.82, 2.24) is 10.2 Å². The molecule has 1 aliphatic rings. The molecule has 150 valence electrons. The van der Waals surface area contributed by atoms with Crippen LogP contribution >= 0.6 is 0 Å². The molecule has 0 saturated carbocycles. The summed E-state index contributed by atoms with van der Waals surface area (Å²) in [6.45, 7) is 5.61. The van der Waals surface area contributed by atoms with Crippen LogP contribution in [0.25, 0.3) is 0 Å². The van der Waals surface area contributed by atoms with Crippen LogP contribution in [0.4, 0.5) is 4.79 Å². The number of nitrogens with one attached hydrogen (secondary N) is 1. The number of methoxy groups -OCH3 is 2. The third kappa shape index (κ3) is 4.41. The monoisotopic (exact) mass is 382 g/mol. The highest BCUT2D eigenvalue weighted by molar-refractivity contribution is 5.75. The second-order valence-corrected chi connectivity index (χ2v) is 7.37. The van der Waals surface area contributed by atoms with E-state index in [0.29, 0.717) is 6.54 Å². The van der Waals surface area contributed by atoms with Crippen molar-refractivity contribution in [2.45, 2.75) is 39.2 Å². The van der Waals surface area contributed by atoms with Crippen LogP contribution in [0.15, 0.2) is 36.4 Å². The highest BCUT2D eigenvalue weighted by atomic mass is 16.5. The van der Waals surface area contributed by atoms with Gasteiger partial charge in [-0.15, -0.1) is 0 Å². The van der Waals surface area contributed by atoms with Crippen LogP contribution in [0.3, 0.4) is 0 Å². The third-order valence-corrected chi connectivity index (χ3v) is 5.48. The van der Waals surface area contributed by atoms with Crippen molar-refractivity contribution < 1.29 is 14.3 Å². The molecule has 1 fully saturated rings. The van der Waals surface area contributed by atoms with Crippen molar-refractivity contribution in [2.75, 3.05) is 27.3 Å². The number of benzene rings is 2. The van der Waals surface area contributed by atoms with Gasteiger partial charge in [0.1, 0.15) is 11.5 Å². The van der Waals surface area contributed by atoms with Crippen LogP contribution in [0.1, 0.15) is 41.1 Å². The molecule has 1 unspecified atom stereocenters. The maximum atomic E-state index is 12.8. The van der Waals surface area contributed by atoms with E-state index in [0.717, 1.165) is 42.9 Å². The Morgan fingerprint density at radius 1 is 1.14 bits per heavy atom. The molecule has 0 spiro atoms. The lowest BCUT2D eigenvalue weighted by atomic mass is 10.0. The Morgan fingerprint density at radius 3 is 2.68 bits per heavy atom. The van der Waals surface area contributed by atoms with Gasteiger partial charge in [0.15, 0.2) is 0 Å². The van der Waals surface area contributed by atoms with Gasteiger partial charge in [-0.1, -0.05) is 23.8 Å². The first kappa shape index (κ1) is 20.1. The first-order valence-corrected chi connectivity index (χ1v) is 9.86. The first-order chi connectivity index (χ1) is 13.5. The van der Waals surface area contributed by atoms with Crippen molar-refractivity contribution in [1.29, 1.82) is 0 Å². The number of likely N-dealkylation sites (tertiary alicyclic amines) is 1. The second kappa shape index (κ2) is 9.00. The van der Waals surface area contributed by atoms with Crippen LogP contribution in [0, 0.1) is 13.8 Å². The maximum Gasteiger partial charge on any atom is 0.317 e. The van der Waals surface area contributed by atoms with Gasteiger partial charge in [0.25, 0.3) is 0 Å². The van der Waals surface area contributed by atoms with Gasteiger partial charge in [0.05, 0.1) is 20.3 Å². The Hall–Kier alpha value is -2.69. The minimum atomic E-state index is -0.00913. The highest BCUT2D eigenvalue weighted by Gasteiger charge is 2.31. The molecule has 0 aromatic heterocycles. The molecule has 3 rings (SSSR count). The van der Waals surface area contributed by atoms with E-state index in [1.165, 1.54) is 16.7 Å². The fraction of sp³-hybridized carbons (Fsp3) is 0.435. The summed E-state index contributed by atoms with van der Waals surface area (Å²) in [7, 11) is 3.29. The first-order valence-electron chi connectivity index (χ1n) is 9.86. The normalized spacial score (nSPS) is 16.1. The van der Waals surface area contributed by atoms with Gasteiger partial charge in [0.2, 0.25) is 0 Å². The van der Waals surface area contributed by atoms with Gasteiger partial charge < -0.3 is 19.7 Å². The topological polar surface area (TPSA) is 50.8 Å². The number of rotatable bonds is 6. The van der Waals surface area contributed by atoms with E-state index in [4.69, 9.17) is 9.47 Å². The predicted molar refractivity (Wildman–Crippen MR) is 111 cm³/mol. The number of carbonyl (C=O) groups excluding carboxylic acids is 1. The van der Waals surface area contributed by atoms with Gasteiger partial charge in [0, 0.05) is 24.7 Å². The summed E-state index contributed by atoms with van der Waals surface area (Å²) in [6.07, 6.45) is 2.76. The molecular weight excluding hydrogens is 352 g/mol. The SMILES string of the molecule is COc1ccc(C2CCCN2C(=O)NCCc2ccc(C)cc2C)c(OC)c1. The zero-order chi connectivity index (χ0) is 20.1. The second-order valence-electron chi connectivity index (χ2n) is 7.37. The Bertz CT molecular complexity index is 835. The number of hydrogen-bond acceptors (Lipinski definition) is 3. The fourth-order valence-electron chi connectivity index (χ4n) is 3.96. The van der Waals surface area contributed by atoms with Crippen LogP contribution in [-0.2, 0) is 6.42 Å². The molecule has 2 aromatic carbocycles. The number of carbonyl (C=O) groups is 1. The highest BCUT2D eigenvalue weighted by Crippen LogP contribution is 2.38. The standard InChI is InChI=1S/C23H30N2O3/c1-16-7-8-18(17(2)14-16)11-12-24-23(26)25-13-5-6-21(25)20-10-9-19(27-3)15-22(20)28-4/h7-10,14-15,21H,5-6,11-13H2,1-4H3,(H,24,26). The minimum absolute atomic E-state index is 0.00913. The fourth-order valence-corrected chi connectivity index (χ4v) is 3.96. The molecule has 28 heavy (non-hydrogen) atoms. The van der Waals surface area contributed by atoms with Gasteiger partial charge >= 0.3 is 6.03 Å². The summed E-state index contributed by atoms with van der Waals surface area (Å²) in [6, 6.07) is 12.3. The molecule has 1 atom stereocenters. The average molecular weight is 383 g/mol. The largest absolute Gasteiger partial charge is 0.497 e. The van der Waals surface area contributed by atoms with Crippen molar-refractivity contribution in [3.8, 4) is 11.5 Å². The van der Waals surface area contributed by atoms with Crippen molar-refractivity contribution in [3.63, 3.8) is 0 Å². The maximum absolute atomic E-state index is 12.8. The molecule has 1 heterocycles. The number of hydrogen-bond donors (Lipinski definition) is 1. The van der Waals surface area contributed by atoms with Crippen LogP contribution in [0.5, 0.6) is 11.5 Å². The average Bonchev–Trinajstić information content (AvgIpc) is 3.18. The Balaban J connectivity index is 1.64. The van der Waals surface area contributed by atoms with Gasteiger partial charge in [-0.2, -0.15) is 0 Å². The van der Waals surface area contributed by atoms with Gasteiger partial charge in [-0.25, -0.2) is 4.79 Å². The smallest absolute Gasteiger partial charge is 0.317 e. The van der Waals surface area contributed by atoms with E-state index in [2.05, 4.69) is 37.4 Å². The van der Waals surface area contributed by atoms with E-state index in [9.17, 15) is 4.79 Å². The Morgan fingerprint density at radius 2 is 1.96 bits per heavy atom. The molecule has 1 N–H and O–H groups in total. The summed E-state index contributed by atoms with van der Waals surface area (Å²) < 4.78 is 10.8. The van der Waals surface area contributed by atoms with Crippen molar-refractivity contribution in [2.24, 2.45) is 0 Å². The van der Waals surface area contributed by atoms with Crippen LogP contribution in [0.2, 0.25) is 0 Å². The van der Waals surface area contributed by atoms with E-state index in [-0.39, 0.29) is 12.1 Å². The number of nitrogens with zero attached hydrogens (tertiary/aromatic N) is 1. The predicted octanol–water partition coefficient (Wildman–Crippen LogP) is 4.41. The Labute approximate surface area is 167 Å². The molecule has 0 radical (unpaired) electrons. The summed E-state index contributed by atoms with van der Waals surface area (Å²) in [5.41, 5.74) is 4.85. The zero-order valence-electron chi connectivity index (χ0n) is 17.2. The minimum Gasteiger partial charge on any atom is -0.497 e. The molecule has 1 saturated heterocycles. The zero-order valence-corrected chi connectivity index (χ0v) is 17.2. The van der Waals surface area contributed by atoms with E-state index >= 15 is 0 Å². The Kier molecular flexibility index (Phi) is 6.45. The van der Waals surface area contributed by atoms with E-state index in [1.807, 2.05) is 23.1 Å². The number of amides is 2. The molecule has 5 heteroatoms. The molecular formula is C23H30N2O3. The number of aryl methyl sites for hydroxylation is 2. The molecule has 2 aromatic rings.